The van der Waals surface area contributed by atoms with E-state index in [9.17, 15) is 9.18 Å². The van der Waals surface area contributed by atoms with Crippen molar-refractivity contribution in [2.24, 2.45) is 34.6 Å². The molecule has 1 aliphatic heterocycles. The van der Waals surface area contributed by atoms with E-state index in [2.05, 4.69) is 69.1 Å². The van der Waals surface area contributed by atoms with Crippen LogP contribution in [0.1, 0.15) is 113 Å². The summed E-state index contributed by atoms with van der Waals surface area (Å²) in [5.74, 6) is 4.28. The Balaban J connectivity index is 0.000000182. The molecule has 240 valence electrons. The van der Waals surface area contributed by atoms with Crippen LogP contribution in [0.15, 0.2) is 77.5 Å². The summed E-state index contributed by atoms with van der Waals surface area (Å²) in [5.41, 5.74) is 8.06. The highest BCUT2D eigenvalue weighted by Gasteiger charge is 2.33. The highest BCUT2D eigenvalue weighted by molar-refractivity contribution is 6.12. The summed E-state index contributed by atoms with van der Waals surface area (Å²) in [6.45, 7) is 10.1. The van der Waals surface area contributed by atoms with Gasteiger partial charge in [0.2, 0.25) is 6.36 Å². The Hall–Kier alpha value is -3.27. The molecule has 3 nitrogen and oxygen atoms in total. The number of aryl methyl sites for hydroxylation is 2. The van der Waals surface area contributed by atoms with Crippen LogP contribution in [0.25, 0.3) is 5.57 Å². The average Bonchev–Trinajstić information content (AvgIpc) is 3.50. The van der Waals surface area contributed by atoms with Gasteiger partial charge in [-0.2, -0.15) is 0 Å². The number of allylic oxidation sites excluding steroid dienone is 5. The second-order valence-electron chi connectivity index (χ2n) is 13.7. The number of alkyl halides is 1. The number of fused-ring (bicyclic) bond motifs is 1. The maximum Gasteiger partial charge on any atom is 0.235 e. The number of ketones is 1. The van der Waals surface area contributed by atoms with Crippen LogP contribution in [0, 0.1) is 36.5 Å². The van der Waals surface area contributed by atoms with Crippen LogP contribution in [-0.2, 0) is 6.42 Å². The molecule has 2 aromatic rings. The maximum absolute atomic E-state index is 13.0. The predicted octanol–water partition coefficient (Wildman–Crippen LogP) is 11.1. The van der Waals surface area contributed by atoms with Gasteiger partial charge in [0.1, 0.15) is 5.75 Å². The molecule has 0 bridgehead atoms. The minimum absolute atomic E-state index is 0.229. The molecule has 0 spiro atoms. The van der Waals surface area contributed by atoms with Crippen molar-refractivity contribution in [3.63, 3.8) is 0 Å². The van der Waals surface area contributed by atoms with Gasteiger partial charge in [0.05, 0.1) is 5.71 Å². The molecule has 0 N–H and O–H groups in total. The lowest BCUT2D eigenvalue weighted by molar-refractivity contribution is 0.0827. The number of hydrogen-bond acceptors (Lipinski definition) is 3. The number of Topliss-reactive ketones (excluding diaryl/α,β-unsaturated/α-hetero) is 1. The van der Waals surface area contributed by atoms with Gasteiger partial charge in [-0.1, -0.05) is 81.7 Å². The van der Waals surface area contributed by atoms with E-state index in [1.165, 1.54) is 74.1 Å². The van der Waals surface area contributed by atoms with Crippen LogP contribution >= 0.6 is 0 Å². The summed E-state index contributed by atoms with van der Waals surface area (Å²) in [7, 11) is 0. The third-order valence-corrected chi connectivity index (χ3v) is 10.8. The molecule has 2 fully saturated rings. The lowest BCUT2D eigenvalue weighted by atomic mass is 9.68. The van der Waals surface area contributed by atoms with Gasteiger partial charge in [0.25, 0.3) is 0 Å². The number of nitrogens with zero attached hydrogens (tertiary/aromatic N) is 1. The van der Waals surface area contributed by atoms with E-state index in [4.69, 9.17) is 4.74 Å². The van der Waals surface area contributed by atoms with Gasteiger partial charge in [0.15, 0.2) is 5.78 Å². The van der Waals surface area contributed by atoms with Crippen LogP contribution in [0.2, 0.25) is 0 Å². The van der Waals surface area contributed by atoms with Crippen molar-refractivity contribution in [2.45, 2.75) is 105 Å². The zero-order valence-corrected chi connectivity index (χ0v) is 28.0. The lowest BCUT2D eigenvalue weighted by Crippen LogP contribution is -2.28. The standard InChI is InChI=1S/C24H36O.C17H16FNO/c1-4-18-6-9-20(10-7-18)21-11-13-22(14-12-21)24(25)23-15-8-19(5-2)16-17(23)3;1-11-4-3-5-15-16(10-19-17(11)15)13-6-8-14(9-7-13)20-12(2)18/h8,15-16,18,20-22H,4-7,9-14H2,1-3H3;3-10,12,15H,1-2H3. The Labute approximate surface area is 270 Å². The third-order valence-electron chi connectivity index (χ3n) is 10.8. The summed E-state index contributed by atoms with van der Waals surface area (Å²) in [5, 5.41) is 0. The maximum atomic E-state index is 13.0. The van der Waals surface area contributed by atoms with Crippen molar-refractivity contribution in [1.29, 1.82) is 0 Å². The molecule has 2 aromatic carbocycles. The summed E-state index contributed by atoms with van der Waals surface area (Å²) in [6.07, 6.45) is 19.9. The molecule has 6 rings (SSSR count). The fourth-order valence-corrected chi connectivity index (χ4v) is 7.92. The van der Waals surface area contributed by atoms with E-state index in [-0.39, 0.29) is 11.8 Å². The van der Waals surface area contributed by atoms with Crippen molar-refractivity contribution in [2.75, 3.05) is 0 Å². The molecule has 4 aliphatic rings. The van der Waals surface area contributed by atoms with Gasteiger partial charge in [-0.05, 0) is 117 Å². The predicted molar refractivity (Wildman–Crippen MR) is 186 cm³/mol. The van der Waals surface area contributed by atoms with E-state index in [1.807, 2.05) is 18.3 Å². The van der Waals surface area contributed by atoms with E-state index in [0.717, 1.165) is 53.9 Å². The molecule has 2 atom stereocenters. The molecule has 45 heavy (non-hydrogen) atoms. The Morgan fingerprint density at radius 2 is 1.60 bits per heavy atom. The SMILES string of the molecule is CC1=CC=CC2C(c3ccc(OC(C)F)cc3)=CN=C12.CCc1ccc(C(=O)C2CCC(C3CCC(CC)CC3)CC2)c(C)c1. The first kappa shape index (κ1) is 33.1. The fourth-order valence-electron chi connectivity index (χ4n) is 7.92. The Morgan fingerprint density at radius 3 is 2.20 bits per heavy atom. The molecule has 0 saturated heterocycles. The first-order valence-corrected chi connectivity index (χ1v) is 17.4. The quantitative estimate of drug-likeness (QED) is 0.279. The monoisotopic (exact) mass is 609 g/mol. The first-order valence-electron chi connectivity index (χ1n) is 17.4. The zero-order chi connectivity index (χ0) is 31.9. The molecule has 2 saturated carbocycles. The zero-order valence-electron chi connectivity index (χ0n) is 28.0. The molecule has 4 heteroatoms. The highest BCUT2D eigenvalue weighted by atomic mass is 19.1. The van der Waals surface area contributed by atoms with Crippen molar-refractivity contribution in [3.05, 3.63) is 94.7 Å². The number of carbonyl (C=O) groups excluding carboxylic acids is 1. The van der Waals surface area contributed by atoms with Gasteiger partial charge >= 0.3 is 0 Å². The number of aliphatic imine (C=N–C) groups is 1. The van der Waals surface area contributed by atoms with Crippen LogP contribution in [0.4, 0.5) is 4.39 Å². The smallest absolute Gasteiger partial charge is 0.235 e. The normalized spacial score (nSPS) is 26.4. The minimum atomic E-state index is -1.30. The number of halogens is 1. The second kappa shape index (κ2) is 15.3. The number of rotatable bonds is 8. The van der Waals surface area contributed by atoms with Gasteiger partial charge in [-0.15, -0.1) is 0 Å². The number of benzene rings is 2. The molecule has 3 aliphatic carbocycles. The van der Waals surface area contributed by atoms with Crippen LogP contribution < -0.4 is 4.74 Å². The molecule has 2 unspecified atom stereocenters. The topological polar surface area (TPSA) is 38.7 Å². The number of carbonyl (C=O) groups is 1. The molecule has 1 heterocycles. The summed E-state index contributed by atoms with van der Waals surface area (Å²) < 4.78 is 17.8. The summed E-state index contributed by atoms with van der Waals surface area (Å²) in [6, 6.07) is 13.9. The molecule has 0 aromatic heterocycles. The largest absolute Gasteiger partial charge is 0.461 e. The average molecular weight is 610 g/mol. The molecule has 0 amide bonds. The van der Waals surface area contributed by atoms with E-state index >= 15 is 0 Å². The van der Waals surface area contributed by atoms with Crippen molar-refractivity contribution < 1.29 is 13.9 Å². The van der Waals surface area contributed by atoms with Gasteiger partial charge in [0, 0.05) is 30.5 Å². The lowest BCUT2D eigenvalue weighted by Gasteiger charge is -2.37. The highest BCUT2D eigenvalue weighted by Crippen LogP contribution is 2.42. The summed E-state index contributed by atoms with van der Waals surface area (Å²) in [4.78, 5) is 17.5. The van der Waals surface area contributed by atoms with Crippen LogP contribution in [-0.4, -0.2) is 17.9 Å². The molecule has 0 radical (unpaired) electrons. The minimum Gasteiger partial charge on any atom is -0.461 e. The number of hydrogen-bond donors (Lipinski definition) is 0. The fraction of sp³-hybridized carbons (Fsp3) is 0.512. The van der Waals surface area contributed by atoms with Crippen molar-refractivity contribution in [3.8, 4) is 5.75 Å². The Morgan fingerprint density at radius 1 is 0.933 bits per heavy atom. The first-order chi connectivity index (χ1) is 21.8. The Bertz CT molecular complexity index is 1430. The summed E-state index contributed by atoms with van der Waals surface area (Å²) >= 11 is 0. The van der Waals surface area contributed by atoms with Gasteiger partial charge < -0.3 is 4.74 Å². The number of ether oxygens (including phenoxy) is 1. The van der Waals surface area contributed by atoms with Crippen molar-refractivity contribution in [1.82, 2.24) is 0 Å². The van der Waals surface area contributed by atoms with Crippen LogP contribution in [0.5, 0.6) is 5.75 Å². The third kappa shape index (κ3) is 8.12. The molecular weight excluding hydrogens is 557 g/mol. The van der Waals surface area contributed by atoms with E-state index in [1.54, 1.807) is 12.1 Å². The van der Waals surface area contributed by atoms with Crippen molar-refractivity contribution >= 4 is 17.1 Å². The van der Waals surface area contributed by atoms with E-state index in [0.29, 0.717) is 11.5 Å². The van der Waals surface area contributed by atoms with Gasteiger partial charge in [-0.3, -0.25) is 9.79 Å². The van der Waals surface area contributed by atoms with Gasteiger partial charge in [-0.25, -0.2) is 4.39 Å². The molecular formula is C41H52FNO2. The van der Waals surface area contributed by atoms with E-state index < -0.39 is 6.36 Å². The van der Waals surface area contributed by atoms with Crippen LogP contribution in [0.3, 0.4) is 0 Å². The second-order valence-corrected chi connectivity index (χ2v) is 13.7. The Kier molecular flexibility index (Phi) is 11.3.